The Morgan fingerprint density at radius 2 is 2.08 bits per heavy atom. The Morgan fingerprint density at radius 1 is 1.23 bits per heavy atom. The van der Waals surface area contributed by atoms with E-state index in [9.17, 15) is 0 Å². The van der Waals surface area contributed by atoms with Crippen molar-refractivity contribution in [2.45, 2.75) is 0 Å². The first kappa shape index (κ1) is 8.62. The fourth-order valence-corrected chi connectivity index (χ4v) is 1.66. The molecule has 1 aromatic heterocycles. The molecule has 0 saturated heterocycles. The summed E-state index contributed by atoms with van der Waals surface area (Å²) in [6.45, 7) is 0. The predicted molar refractivity (Wildman–Crippen MR) is 61.3 cm³/mol. The second-order valence-electron chi connectivity index (χ2n) is 2.71. The number of hydrogen-bond acceptors (Lipinski definition) is 2. The third-order valence-electron chi connectivity index (χ3n) is 1.80. The SMILES string of the molecule is Nc1ccc(I)cc1-c1ccco1. The Labute approximate surface area is 89.9 Å². The van der Waals surface area contributed by atoms with Gasteiger partial charge in [0.05, 0.1) is 6.26 Å². The van der Waals surface area contributed by atoms with Gasteiger partial charge in [-0.25, -0.2) is 0 Å². The first-order valence-corrected chi connectivity index (χ1v) is 4.94. The Morgan fingerprint density at radius 3 is 2.77 bits per heavy atom. The molecular weight excluding hydrogens is 277 g/mol. The van der Waals surface area contributed by atoms with E-state index in [4.69, 9.17) is 10.2 Å². The molecule has 0 radical (unpaired) electrons. The van der Waals surface area contributed by atoms with Gasteiger partial charge in [0.25, 0.3) is 0 Å². The minimum atomic E-state index is 0.746. The summed E-state index contributed by atoms with van der Waals surface area (Å²) in [5.74, 6) is 0.816. The minimum Gasteiger partial charge on any atom is -0.464 e. The lowest BCUT2D eigenvalue weighted by Crippen LogP contribution is -1.89. The molecular formula is C10H8INO. The summed E-state index contributed by atoms with van der Waals surface area (Å²) in [6, 6.07) is 9.63. The van der Waals surface area contributed by atoms with Crippen molar-refractivity contribution in [2.75, 3.05) is 5.73 Å². The number of benzene rings is 1. The zero-order chi connectivity index (χ0) is 9.26. The highest BCUT2D eigenvalue weighted by Crippen LogP contribution is 2.27. The molecule has 2 rings (SSSR count). The van der Waals surface area contributed by atoms with Gasteiger partial charge in [-0.15, -0.1) is 0 Å². The van der Waals surface area contributed by atoms with Gasteiger partial charge in [0, 0.05) is 14.8 Å². The fourth-order valence-electron chi connectivity index (χ4n) is 1.17. The highest BCUT2D eigenvalue weighted by molar-refractivity contribution is 14.1. The van der Waals surface area contributed by atoms with Gasteiger partial charge in [0.1, 0.15) is 5.76 Å². The van der Waals surface area contributed by atoms with E-state index in [1.807, 2.05) is 30.3 Å². The van der Waals surface area contributed by atoms with E-state index >= 15 is 0 Å². The first-order chi connectivity index (χ1) is 6.27. The predicted octanol–water partition coefficient (Wildman–Crippen LogP) is 3.13. The van der Waals surface area contributed by atoms with E-state index in [1.165, 1.54) is 0 Å². The molecule has 1 heterocycles. The quantitative estimate of drug-likeness (QED) is 0.646. The highest BCUT2D eigenvalue weighted by Gasteiger charge is 2.04. The number of rotatable bonds is 1. The van der Waals surface area contributed by atoms with Crippen LogP contribution >= 0.6 is 22.6 Å². The Balaban J connectivity index is 2.57. The Kier molecular flexibility index (Phi) is 2.26. The number of furan rings is 1. The van der Waals surface area contributed by atoms with Crippen molar-refractivity contribution in [2.24, 2.45) is 0 Å². The number of anilines is 1. The summed E-state index contributed by atoms with van der Waals surface area (Å²) >= 11 is 2.25. The van der Waals surface area contributed by atoms with Crippen LogP contribution in [0.5, 0.6) is 0 Å². The van der Waals surface area contributed by atoms with Gasteiger partial charge in [-0.05, 0) is 52.9 Å². The van der Waals surface area contributed by atoms with Crippen molar-refractivity contribution in [3.8, 4) is 11.3 Å². The topological polar surface area (TPSA) is 39.2 Å². The molecule has 0 aliphatic carbocycles. The van der Waals surface area contributed by atoms with Gasteiger partial charge in [-0.2, -0.15) is 0 Å². The molecule has 0 saturated carbocycles. The van der Waals surface area contributed by atoms with Gasteiger partial charge < -0.3 is 10.2 Å². The van der Waals surface area contributed by atoms with Crippen LogP contribution in [0.25, 0.3) is 11.3 Å². The van der Waals surface area contributed by atoms with E-state index < -0.39 is 0 Å². The largest absolute Gasteiger partial charge is 0.464 e. The number of nitrogen functional groups attached to an aromatic ring is 1. The zero-order valence-corrected chi connectivity index (χ0v) is 8.99. The lowest BCUT2D eigenvalue weighted by atomic mass is 10.1. The van der Waals surface area contributed by atoms with Crippen LogP contribution in [0.15, 0.2) is 41.0 Å². The zero-order valence-electron chi connectivity index (χ0n) is 6.83. The third-order valence-corrected chi connectivity index (χ3v) is 2.47. The summed E-state index contributed by atoms with van der Waals surface area (Å²) < 4.78 is 6.42. The van der Waals surface area contributed by atoms with Crippen LogP contribution in [0.1, 0.15) is 0 Å². The Hall–Kier alpha value is -0.970. The van der Waals surface area contributed by atoms with Crippen molar-refractivity contribution < 1.29 is 4.42 Å². The minimum absolute atomic E-state index is 0.746. The molecule has 3 heteroatoms. The highest BCUT2D eigenvalue weighted by atomic mass is 127. The second kappa shape index (κ2) is 3.41. The molecule has 0 aliphatic heterocycles. The molecule has 0 aliphatic rings. The first-order valence-electron chi connectivity index (χ1n) is 3.86. The molecule has 66 valence electrons. The standard InChI is InChI=1S/C10H8INO/c11-7-3-4-9(12)8(6-7)10-2-1-5-13-10/h1-6H,12H2. The van der Waals surface area contributed by atoms with Crippen molar-refractivity contribution >= 4 is 28.3 Å². The lowest BCUT2D eigenvalue weighted by Gasteiger charge is -2.02. The molecule has 13 heavy (non-hydrogen) atoms. The third kappa shape index (κ3) is 1.70. The molecule has 0 atom stereocenters. The van der Waals surface area contributed by atoms with Crippen molar-refractivity contribution in [1.82, 2.24) is 0 Å². The van der Waals surface area contributed by atoms with Crippen molar-refractivity contribution in [1.29, 1.82) is 0 Å². The van der Waals surface area contributed by atoms with E-state index in [0.29, 0.717) is 0 Å². The molecule has 0 amide bonds. The van der Waals surface area contributed by atoms with Crippen LogP contribution in [0, 0.1) is 3.57 Å². The summed E-state index contributed by atoms with van der Waals surface area (Å²) in [4.78, 5) is 0. The van der Waals surface area contributed by atoms with Crippen LogP contribution in [0.3, 0.4) is 0 Å². The average molecular weight is 285 g/mol. The van der Waals surface area contributed by atoms with E-state index in [0.717, 1.165) is 20.6 Å². The van der Waals surface area contributed by atoms with Gasteiger partial charge in [0.15, 0.2) is 0 Å². The monoisotopic (exact) mass is 285 g/mol. The van der Waals surface area contributed by atoms with Crippen LogP contribution in [0.4, 0.5) is 5.69 Å². The number of halogens is 1. The Bertz CT molecular complexity index is 409. The van der Waals surface area contributed by atoms with Gasteiger partial charge in [-0.3, -0.25) is 0 Å². The van der Waals surface area contributed by atoms with E-state index in [-0.39, 0.29) is 0 Å². The van der Waals surface area contributed by atoms with Crippen LogP contribution in [-0.2, 0) is 0 Å². The van der Waals surface area contributed by atoms with Crippen LogP contribution in [-0.4, -0.2) is 0 Å². The van der Waals surface area contributed by atoms with Crippen molar-refractivity contribution in [3.63, 3.8) is 0 Å². The summed E-state index contributed by atoms with van der Waals surface area (Å²) in [5.41, 5.74) is 7.52. The average Bonchev–Trinajstić information content (AvgIpc) is 2.61. The van der Waals surface area contributed by atoms with Gasteiger partial charge >= 0.3 is 0 Å². The second-order valence-corrected chi connectivity index (χ2v) is 3.95. The molecule has 0 unspecified atom stereocenters. The molecule has 0 spiro atoms. The summed E-state index contributed by atoms with van der Waals surface area (Å²) in [6.07, 6.45) is 1.65. The number of nitrogens with two attached hydrogens (primary N) is 1. The molecule has 0 bridgehead atoms. The number of hydrogen-bond donors (Lipinski definition) is 1. The maximum absolute atomic E-state index is 5.82. The molecule has 1 aromatic carbocycles. The fraction of sp³-hybridized carbons (Fsp3) is 0. The summed E-state index contributed by atoms with van der Waals surface area (Å²) in [7, 11) is 0. The van der Waals surface area contributed by atoms with Gasteiger partial charge in [-0.1, -0.05) is 0 Å². The maximum Gasteiger partial charge on any atom is 0.135 e. The maximum atomic E-state index is 5.82. The smallest absolute Gasteiger partial charge is 0.135 e. The molecule has 2 N–H and O–H groups in total. The molecule has 2 aromatic rings. The van der Waals surface area contributed by atoms with Crippen LogP contribution < -0.4 is 5.73 Å². The van der Waals surface area contributed by atoms with Gasteiger partial charge in [0.2, 0.25) is 0 Å². The van der Waals surface area contributed by atoms with Crippen molar-refractivity contribution in [3.05, 3.63) is 40.2 Å². The van der Waals surface area contributed by atoms with Crippen LogP contribution in [0.2, 0.25) is 0 Å². The van der Waals surface area contributed by atoms with E-state index in [2.05, 4.69) is 22.6 Å². The lowest BCUT2D eigenvalue weighted by molar-refractivity contribution is 0.582. The summed E-state index contributed by atoms with van der Waals surface area (Å²) in [5, 5.41) is 0. The van der Waals surface area contributed by atoms with E-state index in [1.54, 1.807) is 6.26 Å². The molecule has 2 nitrogen and oxygen atoms in total. The normalized spacial score (nSPS) is 10.2. The molecule has 0 fully saturated rings.